The molecule has 0 bridgehead atoms. The minimum Gasteiger partial charge on any atom is -0.146 e. The average molecular weight is 549 g/mol. The van der Waals surface area contributed by atoms with E-state index in [2.05, 4.69) is 62.4 Å². The van der Waals surface area contributed by atoms with Crippen molar-refractivity contribution >= 4 is 57.7 Å². The van der Waals surface area contributed by atoms with Gasteiger partial charge in [-0.05, 0) is 86.0 Å². The summed E-state index contributed by atoms with van der Waals surface area (Å²) in [5.41, 5.74) is 5.55. The predicted molar refractivity (Wildman–Crippen MR) is 152 cm³/mol. The average Bonchev–Trinajstić information content (AvgIpc) is 2.73. The Morgan fingerprint density at radius 1 is 0.500 bits per heavy atom. The van der Waals surface area contributed by atoms with Crippen molar-refractivity contribution in [1.29, 1.82) is 0 Å². The Balaban J connectivity index is 1.54. The summed E-state index contributed by atoms with van der Waals surface area (Å²) in [6.45, 7) is 0.0931. The zero-order chi connectivity index (χ0) is 23.5. The maximum absolute atomic E-state index is 6.72. The number of unbranched alkanes of at least 4 members (excludes halogenated alkanes) is 3. The van der Waals surface area contributed by atoms with Crippen LogP contribution < -0.4 is 0 Å². The Morgan fingerprint density at radius 3 is 1.22 bits per heavy atom. The maximum atomic E-state index is 6.72. The van der Waals surface area contributed by atoms with Crippen molar-refractivity contribution < 1.29 is 0 Å². The van der Waals surface area contributed by atoms with E-state index in [1.165, 1.54) is 35.1 Å². The topological polar surface area (TPSA) is 0 Å². The molecule has 0 amide bonds. The van der Waals surface area contributed by atoms with Gasteiger partial charge in [-0.1, -0.05) is 74.2 Å². The summed E-state index contributed by atoms with van der Waals surface area (Å²) in [5, 5.41) is 0. The predicted octanol–water partition coefficient (Wildman–Crippen LogP) is 10.3. The SMILES string of the molecule is Cc1ccccc1CCC[Si](Cl)(Cl)CCCCCC[Si](Cl)(Cl)CCCc1ccccc1C. The first-order valence-corrected chi connectivity index (χ1v) is 20.9. The molecule has 0 aliphatic heterocycles. The second-order valence-corrected chi connectivity index (χ2v) is 24.5. The van der Waals surface area contributed by atoms with Crippen LogP contribution in [0.15, 0.2) is 48.5 Å². The van der Waals surface area contributed by atoms with Crippen molar-refractivity contribution in [2.75, 3.05) is 0 Å². The highest BCUT2D eigenvalue weighted by Crippen LogP contribution is 2.33. The molecule has 0 N–H and O–H groups in total. The number of hydrogen-bond acceptors (Lipinski definition) is 0. The third-order valence-corrected chi connectivity index (χ3v) is 15.2. The van der Waals surface area contributed by atoms with Gasteiger partial charge in [0.05, 0.1) is 0 Å². The summed E-state index contributed by atoms with van der Waals surface area (Å²) in [7, 11) is 0. The van der Waals surface area contributed by atoms with Crippen LogP contribution in [0.2, 0.25) is 24.2 Å². The molecule has 2 aromatic rings. The molecule has 2 rings (SSSR count). The van der Waals surface area contributed by atoms with E-state index < -0.39 is 13.4 Å². The highest BCUT2D eigenvalue weighted by molar-refractivity contribution is 7.45. The number of benzene rings is 2. The fourth-order valence-corrected chi connectivity index (χ4v) is 10.9. The van der Waals surface area contributed by atoms with Gasteiger partial charge < -0.3 is 0 Å². The Bertz CT molecular complexity index is 740. The molecule has 0 aliphatic rings. The number of hydrogen-bond donors (Lipinski definition) is 0. The van der Waals surface area contributed by atoms with E-state index in [0.717, 1.165) is 62.7 Å². The van der Waals surface area contributed by atoms with Crippen molar-refractivity contribution in [1.82, 2.24) is 0 Å². The highest BCUT2D eigenvalue weighted by Gasteiger charge is 2.28. The molecule has 0 fully saturated rings. The maximum Gasteiger partial charge on any atom is 0.251 e. The molecule has 32 heavy (non-hydrogen) atoms. The quantitative estimate of drug-likeness (QED) is 0.118. The van der Waals surface area contributed by atoms with Gasteiger partial charge >= 0.3 is 0 Å². The summed E-state index contributed by atoms with van der Waals surface area (Å²) in [5.74, 6) is 0. The van der Waals surface area contributed by atoms with Crippen LogP contribution in [0.4, 0.5) is 0 Å². The molecule has 0 spiro atoms. The molecule has 6 heteroatoms. The van der Waals surface area contributed by atoms with Crippen LogP contribution in [0.3, 0.4) is 0 Å². The van der Waals surface area contributed by atoms with E-state index in [-0.39, 0.29) is 0 Å². The Morgan fingerprint density at radius 2 is 0.844 bits per heavy atom. The first-order chi connectivity index (χ1) is 15.2. The molecule has 0 heterocycles. The Labute approximate surface area is 216 Å². The van der Waals surface area contributed by atoms with Crippen molar-refractivity contribution in [3.05, 3.63) is 70.8 Å². The zero-order valence-corrected chi connectivity index (χ0v) is 24.6. The number of rotatable bonds is 15. The van der Waals surface area contributed by atoms with Crippen molar-refractivity contribution in [2.45, 2.75) is 89.4 Å². The molecule has 0 aliphatic carbocycles. The van der Waals surface area contributed by atoms with E-state index in [0.29, 0.717) is 0 Å². The van der Waals surface area contributed by atoms with E-state index >= 15 is 0 Å². The van der Waals surface area contributed by atoms with Gasteiger partial charge in [-0.3, -0.25) is 0 Å². The minimum atomic E-state index is -2.12. The van der Waals surface area contributed by atoms with Gasteiger partial charge in [0, 0.05) is 0 Å². The van der Waals surface area contributed by atoms with Crippen molar-refractivity contribution in [2.24, 2.45) is 0 Å². The lowest BCUT2D eigenvalue weighted by Crippen LogP contribution is -2.19. The van der Waals surface area contributed by atoms with Crippen LogP contribution in [-0.2, 0) is 12.8 Å². The number of aryl methyl sites for hydroxylation is 4. The van der Waals surface area contributed by atoms with Crippen LogP contribution in [0.5, 0.6) is 0 Å². The molecule has 0 atom stereocenters. The molecular formula is C26H38Cl4Si2. The molecule has 0 saturated heterocycles. The monoisotopic (exact) mass is 546 g/mol. The molecule has 0 nitrogen and oxygen atoms in total. The molecular weight excluding hydrogens is 510 g/mol. The van der Waals surface area contributed by atoms with Gasteiger partial charge in [0.15, 0.2) is 0 Å². The molecule has 2 aromatic carbocycles. The fourth-order valence-electron chi connectivity index (χ4n) is 4.23. The third-order valence-electron chi connectivity index (χ3n) is 6.33. The summed E-state index contributed by atoms with van der Waals surface area (Å²) in [6, 6.07) is 21.1. The summed E-state index contributed by atoms with van der Waals surface area (Å²) >= 11 is 26.9. The van der Waals surface area contributed by atoms with Gasteiger partial charge in [-0.15, -0.1) is 44.3 Å². The van der Waals surface area contributed by atoms with E-state index in [4.69, 9.17) is 44.3 Å². The second kappa shape index (κ2) is 14.4. The van der Waals surface area contributed by atoms with Gasteiger partial charge in [0.1, 0.15) is 0 Å². The van der Waals surface area contributed by atoms with Crippen LogP contribution >= 0.6 is 44.3 Å². The van der Waals surface area contributed by atoms with E-state index in [1.54, 1.807) is 0 Å². The van der Waals surface area contributed by atoms with Gasteiger partial charge in [0.2, 0.25) is 0 Å². The summed E-state index contributed by atoms with van der Waals surface area (Å²) in [4.78, 5) is 0. The normalized spacial score (nSPS) is 12.3. The van der Waals surface area contributed by atoms with Crippen LogP contribution in [0, 0.1) is 13.8 Å². The van der Waals surface area contributed by atoms with Crippen LogP contribution in [0.1, 0.15) is 60.8 Å². The minimum absolute atomic E-state index is 0.977. The second-order valence-electron chi connectivity index (χ2n) is 9.19. The fraction of sp³-hybridized carbons (Fsp3) is 0.538. The zero-order valence-electron chi connectivity index (χ0n) is 19.6. The molecule has 0 radical (unpaired) electrons. The van der Waals surface area contributed by atoms with Crippen molar-refractivity contribution in [3.8, 4) is 0 Å². The Kier molecular flexibility index (Phi) is 12.8. The smallest absolute Gasteiger partial charge is 0.146 e. The van der Waals surface area contributed by atoms with Gasteiger partial charge in [0.25, 0.3) is 13.4 Å². The third kappa shape index (κ3) is 11.4. The highest BCUT2D eigenvalue weighted by atomic mass is 35.7. The molecule has 178 valence electrons. The largest absolute Gasteiger partial charge is 0.251 e. The standard InChI is InChI=1S/C26H38Cl4Si2/c1-23-13-5-7-15-25(23)17-11-21-31(27,28)19-9-3-4-10-20-32(29,30)22-12-18-26-16-8-6-14-24(26)2/h5-8,13-16H,3-4,9-12,17-22H2,1-2H3. The number of halogens is 4. The first kappa shape index (κ1) is 28.3. The van der Waals surface area contributed by atoms with Crippen molar-refractivity contribution in [3.63, 3.8) is 0 Å². The van der Waals surface area contributed by atoms with Crippen LogP contribution in [0.25, 0.3) is 0 Å². The lowest BCUT2D eigenvalue weighted by molar-refractivity contribution is 0.693. The lowest BCUT2D eigenvalue weighted by atomic mass is 10.1. The van der Waals surface area contributed by atoms with Crippen LogP contribution in [-0.4, -0.2) is 13.4 Å². The first-order valence-electron chi connectivity index (χ1n) is 12.0. The van der Waals surface area contributed by atoms with Gasteiger partial charge in [-0.25, -0.2) is 0 Å². The molecule has 0 unspecified atom stereocenters. The summed E-state index contributed by atoms with van der Waals surface area (Å²) < 4.78 is 0. The molecule has 0 saturated carbocycles. The lowest BCUT2D eigenvalue weighted by Gasteiger charge is -2.18. The summed E-state index contributed by atoms with van der Waals surface area (Å²) in [6.07, 6.45) is 8.90. The Hall–Kier alpha value is 0.0338. The van der Waals surface area contributed by atoms with E-state index in [9.17, 15) is 0 Å². The van der Waals surface area contributed by atoms with E-state index in [1.807, 2.05) is 0 Å². The van der Waals surface area contributed by atoms with Gasteiger partial charge in [-0.2, -0.15) is 0 Å². The molecule has 0 aromatic heterocycles.